The van der Waals surface area contributed by atoms with Crippen molar-refractivity contribution in [2.24, 2.45) is 0 Å². The van der Waals surface area contributed by atoms with E-state index in [2.05, 4.69) is 11.8 Å². The molecule has 0 aromatic heterocycles. The van der Waals surface area contributed by atoms with E-state index in [1.807, 2.05) is 24.3 Å². The summed E-state index contributed by atoms with van der Waals surface area (Å²) in [6, 6.07) is 7.64. The summed E-state index contributed by atoms with van der Waals surface area (Å²) in [5.74, 6) is 0. The fraction of sp³-hybridized carbons (Fsp3) is 0.647. The van der Waals surface area contributed by atoms with Crippen LogP contribution in [0.3, 0.4) is 0 Å². The summed E-state index contributed by atoms with van der Waals surface area (Å²) in [7, 11) is 0. The van der Waals surface area contributed by atoms with Gasteiger partial charge in [0.25, 0.3) is 0 Å². The van der Waals surface area contributed by atoms with Crippen LogP contribution in [-0.2, 0) is 10.3 Å². The Kier molecular flexibility index (Phi) is 8.73. The fourth-order valence-electron chi connectivity index (χ4n) is 2.81. The van der Waals surface area contributed by atoms with Gasteiger partial charge in [-0.25, -0.2) is 0 Å². The first kappa shape index (κ1) is 19.7. The van der Waals surface area contributed by atoms with Gasteiger partial charge in [-0.05, 0) is 30.5 Å². The van der Waals surface area contributed by atoms with Crippen LogP contribution in [0.25, 0.3) is 0 Å². The number of morpholine rings is 1. The lowest BCUT2D eigenvalue weighted by Gasteiger charge is -2.33. The zero-order valence-electron chi connectivity index (χ0n) is 13.2. The first-order valence-electron chi connectivity index (χ1n) is 7.92. The SMILES string of the molecule is CCCCC(O)(CCN1CCOCC1)c1ccc(Cl)cc1.[Cl-]. The van der Waals surface area contributed by atoms with Gasteiger partial charge in [0.1, 0.15) is 0 Å². The Bertz CT molecular complexity index is 421. The van der Waals surface area contributed by atoms with Crippen molar-refractivity contribution in [2.45, 2.75) is 38.2 Å². The quantitative estimate of drug-likeness (QED) is 0.777. The molecule has 126 valence electrons. The third-order valence-electron chi connectivity index (χ3n) is 4.27. The molecule has 1 aliphatic rings. The van der Waals surface area contributed by atoms with Crippen LogP contribution in [0.5, 0.6) is 0 Å². The summed E-state index contributed by atoms with van der Waals surface area (Å²) < 4.78 is 5.38. The van der Waals surface area contributed by atoms with Crippen molar-refractivity contribution in [3.05, 3.63) is 34.9 Å². The summed E-state index contributed by atoms with van der Waals surface area (Å²) in [5, 5.41) is 11.8. The van der Waals surface area contributed by atoms with Crippen molar-refractivity contribution in [1.82, 2.24) is 4.90 Å². The van der Waals surface area contributed by atoms with Crippen molar-refractivity contribution in [2.75, 3.05) is 32.8 Å². The second-order valence-electron chi connectivity index (χ2n) is 5.85. The van der Waals surface area contributed by atoms with E-state index in [4.69, 9.17) is 16.3 Å². The van der Waals surface area contributed by atoms with Gasteiger partial charge in [0.05, 0.1) is 18.8 Å². The average molecular weight is 347 g/mol. The Morgan fingerprint density at radius 1 is 1.18 bits per heavy atom. The minimum atomic E-state index is -0.751. The highest BCUT2D eigenvalue weighted by Gasteiger charge is 2.29. The number of benzene rings is 1. The third-order valence-corrected chi connectivity index (χ3v) is 4.52. The van der Waals surface area contributed by atoms with E-state index in [-0.39, 0.29) is 12.4 Å². The molecule has 1 heterocycles. The molecule has 0 aliphatic carbocycles. The second-order valence-corrected chi connectivity index (χ2v) is 6.28. The summed E-state index contributed by atoms with van der Waals surface area (Å²) >= 11 is 5.96. The standard InChI is InChI=1S/C17H26ClNO2.ClH/c1-2-3-8-17(20,15-4-6-16(18)7-5-15)9-10-19-11-13-21-14-12-19;/h4-7,20H,2-3,8-14H2,1H3;1H/p-1. The number of hydrogen-bond donors (Lipinski definition) is 1. The Hall–Kier alpha value is -0.320. The Morgan fingerprint density at radius 3 is 2.41 bits per heavy atom. The molecule has 22 heavy (non-hydrogen) atoms. The molecule has 1 N–H and O–H groups in total. The molecule has 3 nitrogen and oxygen atoms in total. The van der Waals surface area contributed by atoms with Crippen LogP contribution in [-0.4, -0.2) is 42.9 Å². The normalized spacial score (nSPS) is 18.5. The average Bonchev–Trinajstić information content (AvgIpc) is 2.52. The predicted molar refractivity (Wildman–Crippen MR) is 86.7 cm³/mol. The molecule has 1 aliphatic heterocycles. The molecule has 1 fully saturated rings. The van der Waals surface area contributed by atoms with Crippen LogP contribution in [0.2, 0.25) is 5.02 Å². The minimum Gasteiger partial charge on any atom is -1.00 e. The topological polar surface area (TPSA) is 32.7 Å². The number of nitrogens with zero attached hydrogens (tertiary/aromatic N) is 1. The van der Waals surface area contributed by atoms with Gasteiger partial charge < -0.3 is 22.3 Å². The Morgan fingerprint density at radius 2 is 1.82 bits per heavy atom. The smallest absolute Gasteiger partial charge is 0.0908 e. The number of rotatable bonds is 7. The molecular weight excluding hydrogens is 321 g/mol. The summed E-state index contributed by atoms with van der Waals surface area (Å²) in [6.45, 7) is 6.59. The predicted octanol–water partition coefficient (Wildman–Crippen LogP) is 0.444. The highest BCUT2D eigenvalue weighted by atomic mass is 35.5. The molecule has 1 saturated heterocycles. The molecule has 0 saturated carbocycles. The Balaban J connectivity index is 0.00000242. The van der Waals surface area contributed by atoms with Gasteiger partial charge in [-0.3, -0.25) is 4.90 Å². The second kappa shape index (κ2) is 9.74. The highest BCUT2D eigenvalue weighted by Crippen LogP contribution is 2.32. The van der Waals surface area contributed by atoms with Gasteiger partial charge >= 0.3 is 0 Å². The van der Waals surface area contributed by atoms with Gasteiger partial charge in [-0.1, -0.05) is 43.5 Å². The highest BCUT2D eigenvalue weighted by molar-refractivity contribution is 6.30. The van der Waals surface area contributed by atoms with E-state index in [0.29, 0.717) is 5.02 Å². The van der Waals surface area contributed by atoms with Crippen LogP contribution < -0.4 is 12.4 Å². The van der Waals surface area contributed by atoms with Crippen LogP contribution >= 0.6 is 11.6 Å². The van der Waals surface area contributed by atoms with E-state index in [1.54, 1.807) is 0 Å². The van der Waals surface area contributed by atoms with Gasteiger partial charge in [0.2, 0.25) is 0 Å². The van der Waals surface area contributed by atoms with Gasteiger partial charge in [-0.2, -0.15) is 0 Å². The van der Waals surface area contributed by atoms with Crippen LogP contribution in [0.1, 0.15) is 38.2 Å². The van der Waals surface area contributed by atoms with Gasteiger partial charge in [0, 0.05) is 24.7 Å². The van der Waals surface area contributed by atoms with Gasteiger partial charge in [0.15, 0.2) is 0 Å². The largest absolute Gasteiger partial charge is 1.00 e. The third kappa shape index (κ3) is 5.71. The monoisotopic (exact) mass is 346 g/mol. The lowest BCUT2D eigenvalue weighted by molar-refractivity contribution is -0.0111. The van der Waals surface area contributed by atoms with Crippen LogP contribution in [0, 0.1) is 0 Å². The zero-order valence-corrected chi connectivity index (χ0v) is 14.7. The van der Waals surface area contributed by atoms with E-state index < -0.39 is 5.60 Å². The molecule has 1 aromatic rings. The fourth-order valence-corrected chi connectivity index (χ4v) is 2.94. The minimum absolute atomic E-state index is 0. The van der Waals surface area contributed by atoms with Crippen molar-refractivity contribution in [1.29, 1.82) is 0 Å². The summed E-state index contributed by atoms with van der Waals surface area (Å²) in [6.07, 6.45) is 3.68. The molecule has 0 amide bonds. The number of unbranched alkanes of at least 4 members (excludes halogenated alkanes) is 1. The number of aliphatic hydroxyl groups is 1. The molecule has 0 bridgehead atoms. The maximum Gasteiger partial charge on any atom is 0.0908 e. The lowest BCUT2D eigenvalue weighted by Crippen LogP contribution is -3.00. The summed E-state index contributed by atoms with van der Waals surface area (Å²) in [5.41, 5.74) is 0.229. The number of halogens is 2. The number of ether oxygens (including phenoxy) is 1. The molecule has 2 rings (SSSR count). The maximum atomic E-state index is 11.1. The van der Waals surface area contributed by atoms with Crippen LogP contribution in [0.4, 0.5) is 0 Å². The van der Waals surface area contributed by atoms with Crippen molar-refractivity contribution >= 4 is 11.6 Å². The van der Waals surface area contributed by atoms with Crippen molar-refractivity contribution in [3.63, 3.8) is 0 Å². The van der Waals surface area contributed by atoms with Crippen LogP contribution in [0.15, 0.2) is 24.3 Å². The number of hydrogen-bond acceptors (Lipinski definition) is 3. The molecule has 1 atom stereocenters. The van der Waals surface area contributed by atoms with E-state index >= 15 is 0 Å². The molecule has 1 aromatic carbocycles. The zero-order chi connectivity index (χ0) is 15.1. The molecule has 5 heteroatoms. The van der Waals surface area contributed by atoms with E-state index in [1.165, 1.54) is 0 Å². The first-order chi connectivity index (χ1) is 10.1. The Labute approximate surface area is 145 Å². The summed E-state index contributed by atoms with van der Waals surface area (Å²) in [4.78, 5) is 2.37. The lowest BCUT2D eigenvalue weighted by atomic mass is 9.85. The van der Waals surface area contributed by atoms with E-state index in [9.17, 15) is 5.11 Å². The molecule has 0 spiro atoms. The first-order valence-corrected chi connectivity index (χ1v) is 8.30. The van der Waals surface area contributed by atoms with E-state index in [0.717, 1.165) is 64.1 Å². The maximum absolute atomic E-state index is 11.1. The van der Waals surface area contributed by atoms with Crippen molar-refractivity contribution in [3.8, 4) is 0 Å². The molecule has 1 unspecified atom stereocenters. The molecule has 0 radical (unpaired) electrons. The van der Waals surface area contributed by atoms with Crippen molar-refractivity contribution < 1.29 is 22.3 Å². The van der Waals surface area contributed by atoms with Gasteiger partial charge in [-0.15, -0.1) is 0 Å². The molecular formula is C17H26Cl2NO2-.